The molecule has 1 amide bonds. The zero-order valence-electron chi connectivity index (χ0n) is 13.9. The van der Waals surface area contributed by atoms with Crippen LogP contribution in [0.1, 0.15) is 24.1 Å². The number of hydrogen-bond donors (Lipinski definition) is 3. The second kappa shape index (κ2) is 7.03. The van der Waals surface area contributed by atoms with E-state index in [2.05, 4.69) is 16.0 Å². The molecular weight excluding hydrogens is 337 g/mol. The molecule has 0 radical (unpaired) electrons. The molecule has 4 nitrogen and oxygen atoms in total. The number of allylic oxidation sites excluding steroid dienone is 1. The van der Waals surface area contributed by atoms with E-state index >= 15 is 0 Å². The number of hydrogen-bond acceptors (Lipinski definition) is 2. The smallest absolute Gasteiger partial charge is 0.255 e. The van der Waals surface area contributed by atoms with Crippen LogP contribution in [0.4, 0.5) is 10.1 Å². The Hall–Kier alpha value is -2.73. The molecule has 25 heavy (non-hydrogen) atoms. The first-order valence-electron chi connectivity index (χ1n) is 7.87. The fourth-order valence-corrected chi connectivity index (χ4v) is 3.11. The van der Waals surface area contributed by atoms with Gasteiger partial charge in [0.25, 0.3) is 5.91 Å². The topological polar surface area (TPSA) is 53.2 Å². The lowest BCUT2D eigenvalue weighted by atomic mass is 9.94. The number of anilines is 1. The number of nitrogens with one attached hydrogen (secondary N) is 3. The van der Waals surface area contributed by atoms with Gasteiger partial charge in [0.2, 0.25) is 0 Å². The van der Waals surface area contributed by atoms with Crippen molar-refractivity contribution in [3.05, 3.63) is 76.7 Å². The van der Waals surface area contributed by atoms with Crippen LogP contribution >= 0.6 is 12.2 Å². The number of amides is 1. The molecule has 0 aliphatic carbocycles. The summed E-state index contributed by atoms with van der Waals surface area (Å²) < 4.78 is 14.3. The van der Waals surface area contributed by atoms with E-state index < -0.39 is 11.9 Å². The summed E-state index contributed by atoms with van der Waals surface area (Å²) in [5, 5.41) is 9.20. The maximum absolute atomic E-state index is 14.3. The quantitative estimate of drug-likeness (QED) is 0.737. The van der Waals surface area contributed by atoms with Crippen molar-refractivity contribution in [3.63, 3.8) is 0 Å². The zero-order chi connectivity index (χ0) is 18.0. The maximum Gasteiger partial charge on any atom is 0.255 e. The molecule has 3 rings (SSSR count). The van der Waals surface area contributed by atoms with E-state index in [1.807, 2.05) is 31.2 Å². The number of benzene rings is 2. The number of para-hydroxylation sites is 1. The fourth-order valence-electron chi connectivity index (χ4n) is 2.84. The Balaban J connectivity index is 1.99. The van der Waals surface area contributed by atoms with Gasteiger partial charge in [0.1, 0.15) is 5.82 Å². The normalized spacial score (nSPS) is 16.9. The van der Waals surface area contributed by atoms with E-state index in [1.54, 1.807) is 25.1 Å². The highest BCUT2D eigenvalue weighted by Crippen LogP contribution is 2.29. The van der Waals surface area contributed by atoms with Crippen molar-refractivity contribution >= 4 is 28.9 Å². The van der Waals surface area contributed by atoms with E-state index in [-0.39, 0.29) is 5.91 Å². The minimum atomic E-state index is -0.654. The number of aryl methyl sites for hydroxylation is 1. The van der Waals surface area contributed by atoms with E-state index in [9.17, 15) is 9.18 Å². The van der Waals surface area contributed by atoms with Crippen molar-refractivity contribution in [1.82, 2.24) is 10.6 Å². The van der Waals surface area contributed by atoms with Crippen LogP contribution in [0.5, 0.6) is 0 Å². The van der Waals surface area contributed by atoms with E-state index in [1.165, 1.54) is 6.07 Å². The summed E-state index contributed by atoms with van der Waals surface area (Å²) in [6, 6.07) is 13.2. The van der Waals surface area contributed by atoms with Gasteiger partial charge in [-0.3, -0.25) is 4.79 Å². The minimum absolute atomic E-state index is 0.303. The maximum atomic E-state index is 14.3. The Kier molecular flexibility index (Phi) is 4.81. The summed E-state index contributed by atoms with van der Waals surface area (Å²) >= 11 is 5.18. The van der Waals surface area contributed by atoms with Gasteiger partial charge in [0.05, 0.1) is 11.6 Å². The molecule has 0 saturated carbocycles. The number of carbonyl (C=O) groups is 1. The molecular formula is C19H18FN3OS. The molecule has 2 aromatic rings. The molecule has 0 saturated heterocycles. The van der Waals surface area contributed by atoms with E-state index in [0.717, 1.165) is 5.56 Å². The fraction of sp³-hybridized carbons (Fsp3) is 0.158. The van der Waals surface area contributed by atoms with Crippen LogP contribution in [0.25, 0.3) is 0 Å². The lowest BCUT2D eigenvalue weighted by Crippen LogP contribution is -2.46. The summed E-state index contributed by atoms with van der Waals surface area (Å²) in [6.07, 6.45) is 0. The highest BCUT2D eigenvalue weighted by Gasteiger charge is 2.31. The van der Waals surface area contributed by atoms with E-state index in [4.69, 9.17) is 12.2 Å². The Bertz CT molecular complexity index is 878. The van der Waals surface area contributed by atoms with E-state index in [0.29, 0.717) is 27.6 Å². The highest BCUT2D eigenvalue weighted by molar-refractivity contribution is 7.80. The summed E-state index contributed by atoms with van der Waals surface area (Å²) in [5.74, 6) is -0.693. The van der Waals surface area contributed by atoms with Crippen molar-refractivity contribution in [3.8, 4) is 0 Å². The molecule has 1 heterocycles. The Morgan fingerprint density at radius 2 is 1.80 bits per heavy atom. The average Bonchev–Trinajstić information content (AvgIpc) is 2.56. The Morgan fingerprint density at radius 1 is 1.12 bits per heavy atom. The van der Waals surface area contributed by atoms with Crippen molar-refractivity contribution in [2.24, 2.45) is 0 Å². The summed E-state index contributed by atoms with van der Waals surface area (Å²) in [5.41, 5.74) is 3.04. The molecule has 1 aliphatic rings. The molecule has 0 spiro atoms. The van der Waals surface area contributed by atoms with Crippen LogP contribution in [-0.4, -0.2) is 11.0 Å². The van der Waals surface area contributed by atoms with Gasteiger partial charge in [-0.25, -0.2) is 4.39 Å². The van der Waals surface area contributed by atoms with Crippen molar-refractivity contribution < 1.29 is 9.18 Å². The third-order valence-electron chi connectivity index (χ3n) is 4.12. The minimum Gasteiger partial charge on any atom is -0.351 e. The Morgan fingerprint density at radius 3 is 2.52 bits per heavy atom. The van der Waals surface area contributed by atoms with Gasteiger partial charge >= 0.3 is 0 Å². The summed E-state index contributed by atoms with van der Waals surface area (Å²) in [7, 11) is 0. The van der Waals surface area contributed by atoms with Crippen LogP contribution in [0.2, 0.25) is 0 Å². The van der Waals surface area contributed by atoms with Crippen LogP contribution in [0, 0.1) is 12.7 Å². The van der Waals surface area contributed by atoms with Crippen molar-refractivity contribution in [2.75, 3.05) is 5.32 Å². The first-order valence-corrected chi connectivity index (χ1v) is 8.28. The zero-order valence-corrected chi connectivity index (χ0v) is 14.7. The summed E-state index contributed by atoms with van der Waals surface area (Å²) in [4.78, 5) is 12.9. The molecule has 0 aromatic heterocycles. The molecule has 0 bridgehead atoms. The number of carbonyl (C=O) groups excluding carboxylic acids is 1. The first-order chi connectivity index (χ1) is 12.0. The first kappa shape index (κ1) is 17.1. The van der Waals surface area contributed by atoms with Gasteiger partial charge in [-0.05, 0) is 43.8 Å². The van der Waals surface area contributed by atoms with Gasteiger partial charge in [0, 0.05) is 16.9 Å². The van der Waals surface area contributed by atoms with Crippen LogP contribution in [0.3, 0.4) is 0 Å². The third kappa shape index (κ3) is 3.53. The standard InChI is InChI=1S/C19H18FN3OS/c1-11-7-3-6-10-15(11)22-18(24)16-12(2)21-19(25)23-17(16)13-8-4-5-9-14(13)20/h3-10,17H,1-2H3,(H,22,24)(H2,21,23,25). The SMILES string of the molecule is CC1=C(C(=O)Nc2ccccc2C)C(c2ccccc2F)NC(=S)N1. The van der Waals surface area contributed by atoms with Gasteiger partial charge < -0.3 is 16.0 Å². The molecule has 128 valence electrons. The van der Waals surface area contributed by atoms with Crippen molar-refractivity contribution in [2.45, 2.75) is 19.9 Å². The van der Waals surface area contributed by atoms with Gasteiger partial charge in [-0.1, -0.05) is 36.4 Å². The Labute approximate surface area is 151 Å². The highest BCUT2D eigenvalue weighted by atomic mass is 32.1. The largest absolute Gasteiger partial charge is 0.351 e. The van der Waals surface area contributed by atoms with Gasteiger partial charge in [-0.15, -0.1) is 0 Å². The van der Waals surface area contributed by atoms with Crippen molar-refractivity contribution in [1.29, 1.82) is 0 Å². The molecule has 1 unspecified atom stereocenters. The lowest BCUT2D eigenvalue weighted by Gasteiger charge is -2.30. The lowest BCUT2D eigenvalue weighted by molar-refractivity contribution is -0.113. The van der Waals surface area contributed by atoms with Crippen LogP contribution < -0.4 is 16.0 Å². The predicted octanol–water partition coefficient (Wildman–Crippen LogP) is 3.57. The molecule has 3 N–H and O–H groups in total. The molecule has 0 fully saturated rings. The number of rotatable bonds is 3. The molecule has 1 aliphatic heterocycles. The molecule has 2 aromatic carbocycles. The third-order valence-corrected chi connectivity index (χ3v) is 4.34. The van der Waals surface area contributed by atoms with Gasteiger partial charge in [-0.2, -0.15) is 0 Å². The number of halogens is 1. The van der Waals surface area contributed by atoms with Gasteiger partial charge in [0.15, 0.2) is 5.11 Å². The molecule has 1 atom stereocenters. The second-order valence-corrected chi connectivity index (χ2v) is 6.27. The van der Waals surface area contributed by atoms with Crippen LogP contribution in [-0.2, 0) is 4.79 Å². The molecule has 6 heteroatoms. The van der Waals surface area contributed by atoms with Crippen LogP contribution in [0.15, 0.2) is 59.8 Å². The number of thiocarbonyl (C=S) groups is 1. The monoisotopic (exact) mass is 355 g/mol. The predicted molar refractivity (Wildman–Crippen MR) is 101 cm³/mol. The average molecular weight is 355 g/mol. The summed E-state index contributed by atoms with van der Waals surface area (Å²) in [6.45, 7) is 3.67. The second-order valence-electron chi connectivity index (χ2n) is 5.86.